The predicted molar refractivity (Wildman–Crippen MR) is 75.5 cm³/mol. The standard InChI is InChI=1S/C16H24N2/c1-2-18-15-9-6-10-16(18)13-17(12-15)11-14-7-4-3-5-8-14/h3-5,7-8,15-16H,2,6,9-13H2,1H3. The van der Waals surface area contributed by atoms with E-state index in [9.17, 15) is 0 Å². The lowest BCUT2D eigenvalue weighted by Gasteiger charge is -2.50. The molecule has 98 valence electrons. The highest BCUT2D eigenvalue weighted by molar-refractivity contribution is 5.14. The molecule has 0 amide bonds. The van der Waals surface area contributed by atoms with Crippen LogP contribution in [0, 0.1) is 0 Å². The van der Waals surface area contributed by atoms with Gasteiger partial charge in [-0.25, -0.2) is 0 Å². The first-order chi connectivity index (χ1) is 8.86. The van der Waals surface area contributed by atoms with Crippen LogP contribution in [0.25, 0.3) is 0 Å². The number of benzene rings is 1. The minimum Gasteiger partial charge on any atom is -0.296 e. The average Bonchev–Trinajstić information content (AvgIpc) is 2.39. The van der Waals surface area contributed by atoms with Crippen LogP contribution < -0.4 is 0 Å². The molecule has 2 nitrogen and oxygen atoms in total. The molecule has 2 aliphatic rings. The van der Waals surface area contributed by atoms with E-state index in [0.717, 1.165) is 18.6 Å². The van der Waals surface area contributed by atoms with E-state index in [0.29, 0.717) is 0 Å². The van der Waals surface area contributed by atoms with Gasteiger partial charge in [0.15, 0.2) is 0 Å². The molecule has 0 aliphatic carbocycles. The molecule has 2 bridgehead atoms. The van der Waals surface area contributed by atoms with Crippen LogP contribution in [0.1, 0.15) is 31.7 Å². The summed E-state index contributed by atoms with van der Waals surface area (Å²) in [7, 11) is 0. The first-order valence-corrected chi connectivity index (χ1v) is 7.39. The number of fused-ring (bicyclic) bond motifs is 2. The molecule has 0 N–H and O–H groups in total. The van der Waals surface area contributed by atoms with Gasteiger partial charge in [-0.05, 0) is 24.9 Å². The summed E-state index contributed by atoms with van der Waals surface area (Å²) in [6, 6.07) is 12.5. The molecule has 2 heterocycles. The van der Waals surface area contributed by atoms with Crippen molar-refractivity contribution < 1.29 is 0 Å². The summed E-state index contributed by atoms with van der Waals surface area (Å²) in [6.07, 6.45) is 4.23. The predicted octanol–water partition coefficient (Wildman–Crippen LogP) is 2.75. The van der Waals surface area contributed by atoms with Crippen molar-refractivity contribution in [1.82, 2.24) is 9.80 Å². The molecule has 0 saturated carbocycles. The normalized spacial score (nSPS) is 29.4. The summed E-state index contributed by atoms with van der Waals surface area (Å²) in [4.78, 5) is 5.40. The van der Waals surface area contributed by atoms with Crippen molar-refractivity contribution in [1.29, 1.82) is 0 Å². The van der Waals surface area contributed by atoms with E-state index in [2.05, 4.69) is 47.1 Å². The van der Waals surface area contributed by atoms with Crippen molar-refractivity contribution in [2.45, 2.75) is 44.8 Å². The lowest BCUT2D eigenvalue weighted by atomic mass is 9.91. The van der Waals surface area contributed by atoms with E-state index in [1.165, 1.54) is 44.5 Å². The Morgan fingerprint density at radius 2 is 1.72 bits per heavy atom. The summed E-state index contributed by atoms with van der Waals surface area (Å²) in [5.41, 5.74) is 1.46. The van der Waals surface area contributed by atoms with Crippen molar-refractivity contribution >= 4 is 0 Å². The fourth-order valence-electron chi connectivity index (χ4n) is 3.77. The Bertz CT molecular complexity index is 362. The van der Waals surface area contributed by atoms with Crippen molar-refractivity contribution in [2.75, 3.05) is 19.6 Å². The molecule has 2 aliphatic heterocycles. The molecule has 1 aromatic carbocycles. The van der Waals surface area contributed by atoms with Crippen molar-refractivity contribution in [3.63, 3.8) is 0 Å². The molecule has 2 unspecified atom stereocenters. The Labute approximate surface area is 111 Å². The third-order valence-corrected chi connectivity index (χ3v) is 4.56. The average molecular weight is 244 g/mol. The van der Waals surface area contributed by atoms with Gasteiger partial charge in [-0.2, -0.15) is 0 Å². The molecule has 2 fully saturated rings. The molecule has 2 heteroatoms. The second-order valence-corrected chi connectivity index (χ2v) is 5.75. The Hall–Kier alpha value is -0.860. The number of rotatable bonds is 3. The van der Waals surface area contributed by atoms with Crippen LogP contribution >= 0.6 is 0 Å². The van der Waals surface area contributed by atoms with Crippen LogP contribution in [0.2, 0.25) is 0 Å². The summed E-state index contributed by atoms with van der Waals surface area (Å²) < 4.78 is 0. The van der Waals surface area contributed by atoms with E-state index < -0.39 is 0 Å². The molecule has 0 spiro atoms. The van der Waals surface area contributed by atoms with Gasteiger partial charge >= 0.3 is 0 Å². The summed E-state index contributed by atoms with van der Waals surface area (Å²) in [5.74, 6) is 0. The maximum absolute atomic E-state index is 2.74. The summed E-state index contributed by atoms with van der Waals surface area (Å²) in [6.45, 7) is 7.20. The van der Waals surface area contributed by atoms with E-state index in [4.69, 9.17) is 0 Å². The van der Waals surface area contributed by atoms with E-state index >= 15 is 0 Å². The van der Waals surface area contributed by atoms with Crippen LogP contribution in [0.15, 0.2) is 30.3 Å². The van der Waals surface area contributed by atoms with Gasteiger partial charge in [0.1, 0.15) is 0 Å². The molecule has 1 aromatic rings. The highest BCUT2D eigenvalue weighted by Gasteiger charge is 2.35. The number of hydrogen-bond donors (Lipinski definition) is 0. The quantitative estimate of drug-likeness (QED) is 0.806. The number of likely N-dealkylation sites (tertiary alicyclic amines) is 1. The van der Waals surface area contributed by atoms with Crippen LogP contribution in [0.3, 0.4) is 0 Å². The number of likely N-dealkylation sites (N-methyl/N-ethyl adjacent to an activating group) is 1. The van der Waals surface area contributed by atoms with Crippen molar-refractivity contribution in [3.05, 3.63) is 35.9 Å². The van der Waals surface area contributed by atoms with Gasteiger partial charge < -0.3 is 0 Å². The Balaban J connectivity index is 1.66. The molecule has 0 radical (unpaired) electrons. The van der Waals surface area contributed by atoms with Crippen LogP contribution in [0.4, 0.5) is 0 Å². The van der Waals surface area contributed by atoms with Crippen LogP contribution in [0.5, 0.6) is 0 Å². The zero-order valence-electron chi connectivity index (χ0n) is 11.4. The lowest BCUT2D eigenvalue weighted by Crippen LogP contribution is -2.60. The van der Waals surface area contributed by atoms with E-state index in [-0.39, 0.29) is 0 Å². The number of nitrogens with zero attached hydrogens (tertiary/aromatic N) is 2. The highest BCUT2D eigenvalue weighted by Crippen LogP contribution is 2.28. The first-order valence-electron chi connectivity index (χ1n) is 7.39. The number of hydrogen-bond acceptors (Lipinski definition) is 2. The van der Waals surface area contributed by atoms with E-state index in [1.807, 2.05) is 0 Å². The largest absolute Gasteiger partial charge is 0.296 e. The number of piperidine rings is 1. The van der Waals surface area contributed by atoms with Crippen molar-refractivity contribution in [2.24, 2.45) is 0 Å². The minimum absolute atomic E-state index is 0.811. The monoisotopic (exact) mass is 244 g/mol. The maximum Gasteiger partial charge on any atom is 0.0235 e. The number of piperazine rings is 1. The lowest BCUT2D eigenvalue weighted by molar-refractivity contribution is -0.00845. The molecular formula is C16H24N2. The molecule has 2 atom stereocenters. The van der Waals surface area contributed by atoms with Gasteiger partial charge in [0.25, 0.3) is 0 Å². The van der Waals surface area contributed by atoms with Gasteiger partial charge in [0.2, 0.25) is 0 Å². The minimum atomic E-state index is 0.811. The van der Waals surface area contributed by atoms with Gasteiger partial charge in [-0.15, -0.1) is 0 Å². The van der Waals surface area contributed by atoms with Crippen LogP contribution in [-0.4, -0.2) is 41.5 Å². The molecular weight excluding hydrogens is 220 g/mol. The van der Waals surface area contributed by atoms with Gasteiger partial charge in [-0.3, -0.25) is 9.80 Å². The SMILES string of the molecule is CCN1C2CCCC1CN(Cc1ccccc1)C2. The highest BCUT2D eigenvalue weighted by atomic mass is 15.3. The third kappa shape index (κ3) is 2.45. The zero-order chi connectivity index (χ0) is 12.4. The third-order valence-electron chi connectivity index (χ3n) is 4.56. The fraction of sp³-hybridized carbons (Fsp3) is 0.625. The zero-order valence-corrected chi connectivity index (χ0v) is 11.4. The first kappa shape index (κ1) is 12.2. The molecule has 0 aromatic heterocycles. The van der Waals surface area contributed by atoms with Crippen LogP contribution in [-0.2, 0) is 6.54 Å². The van der Waals surface area contributed by atoms with Gasteiger partial charge in [0, 0.05) is 31.7 Å². The smallest absolute Gasteiger partial charge is 0.0235 e. The van der Waals surface area contributed by atoms with E-state index in [1.54, 1.807) is 0 Å². The van der Waals surface area contributed by atoms with Gasteiger partial charge in [-0.1, -0.05) is 43.7 Å². The Kier molecular flexibility index (Phi) is 3.67. The van der Waals surface area contributed by atoms with Gasteiger partial charge in [0.05, 0.1) is 0 Å². The maximum atomic E-state index is 2.74. The summed E-state index contributed by atoms with van der Waals surface area (Å²) in [5, 5.41) is 0. The topological polar surface area (TPSA) is 6.48 Å². The summed E-state index contributed by atoms with van der Waals surface area (Å²) >= 11 is 0. The molecule has 3 rings (SSSR count). The second kappa shape index (κ2) is 5.41. The molecule has 2 saturated heterocycles. The van der Waals surface area contributed by atoms with Crippen molar-refractivity contribution in [3.8, 4) is 0 Å². The Morgan fingerprint density at radius 1 is 1.06 bits per heavy atom. The Morgan fingerprint density at radius 3 is 2.33 bits per heavy atom. The fourth-order valence-corrected chi connectivity index (χ4v) is 3.77. The molecule has 18 heavy (non-hydrogen) atoms. The second-order valence-electron chi connectivity index (χ2n) is 5.75.